The van der Waals surface area contributed by atoms with Gasteiger partial charge in [-0.1, -0.05) is 6.92 Å². The summed E-state index contributed by atoms with van der Waals surface area (Å²) in [5, 5.41) is 11.3. The van der Waals surface area contributed by atoms with Crippen LogP contribution in [-0.4, -0.2) is 65.5 Å². The molecule has 1 aliphatic heterocycles. The van der Waals surface area contributed by atoms with E-state index < -0.39 is 0 Å². The van der Waals surface area contributed by atoms with Crippen molar-refractivity contribution in [3.63, 3.8) is 0 Å². The maximum absolute atomic E-state index is 12.6. The van der Waals surface area contributed by atoms with Gasteiger partial charge in [-0.25, -0.2) is 4.98 Å². The second kappa shape index (κ2) is 8.60. The molecule has 166 valence electrons. The fraction of sp³-hybridized carbons (Fsp3) is 0.348. The number of carbonyl (C=O) groups is 1. The Morgan fingerprint density at radius 1 is 1.22 bits per heavy atom. The van der Waals surface area contributed by atoms with Crippen molar-refractivity contribution >= 4 is 33.5 Å². The fourth-order valence-electron chi connectivity index (χ4n) is 3.92. The first-order chi connectivity index (χ1) is 15.6. The Hall–Kier alpha value is -3.43. The molecule has 9 heteroatoms. The topological polar surface area (TPSA) is 125 Å². The molecule has 1 unspecified atom stereocenters. The van der Waals surface area contributed by atoms with E-state index >= 15 is 0 Å². The van der Waals surface area contributed by atoms with Crippen molar-refractivity contribution in [1.82, 2.24) is 25.5 Å². The first kappa shape index (κ1) is 20.5. The van der Waals surface area contributed by atoms with Gasteiger partial charge >= 0.3 is 0 Å². The lowest BCUT2D eigenvalue weighted by Gasteiger charge is -2.28. The summed E-state index contributed by atoms with van der Waals surface area (Å²) in [5.41, 5.74) is 10.7. The average molecular weight is 434 g/mol. The molecule has 1 fully saturated rings. The Labute approximate surface area is 185 Å². The molecule has 1 amide bonds. The number of nitrogens with one attached hydrogen (secondary N) is 3. The van der Waals surface area contributed by atoms with Crippen molar-refractivity contribution < 1.29 is 9.53 Å². The Morgan fingerprint density at radius 2 is 2.06 bits per heavy atom. The van der Waals surface area contributed by atoms with Gasteiger partial charge in [0, 0.05) is 36.3 Å². The number of H-pyrrole nitrogens is 2. The third-order valence-electron chi connectivity index (χ3n) is 5.90. The second-order valence-corrected chi connectivity index (χ2v) is 8.27. The van der Waals surface area contributed by atoms with Crippen molar-refractivity contribution in [1.29, 1.82) is 0 Å². The first-order valence-electron chi connectivity index (χ1n) is 10.9. The summed E-state index contributed by atoms with van der Waals surface area (Å²) < 4.78 is 5.45. The summed E-state index contributed by atoms with van der Waals surface area (Å²) in [5.74, 6) is 0.767. The van der Waals surface area contributed by atoms with Crippen LogP contribution < -0.4 is 16.0 Å². The number of ether oxygens (including phenoxy) is 1. The van der Waals surface area contributed by atoms with E-state index in [0.717, 1.165) is 53.9 Å². The number of benzene rings is 2. The Bertz CT molecular complexity index is 1260. The highest BCUT2D eigenvalue weighted by Gasteiger charge is 2.17. The average Bonchev–Trinajstić information content (AvgIpc) is 3.45. The van der Waals surface area contributed by atoms with E-state index in [1.165, 1.54) is 0 Å². The summed E-state index contributed by atoms with van der Waals surface area (Å²) in [6, 6.07) is 11.7. The Kier molecular flexibility index (Phi) is 5.50. The van der Waals surface area contributed by atoms with E-state index in [2.05, 4.69) is 37.5 Å². The van der Waals surface area contributed by atoms with Crippen molar-refractivity contribution in [3.8, 4) is 11.5 Å². The minimum Gasteiger partial charge on any atom is -0.378 e. The van der Waals surface area contributed by atoms with Crippen LogP contribution in [0.3, 0.4) is 0 Å². The molecule has 1 saturated heterocycles. The number of aromatic nitrogens is 4. The summed E-state index contributed by atoms with van der Waals surface area (Å²) in [4.78, 5) is 23.0. The van der Waals surface area contributed by atoms with Crippen LogP contribution in [0.1, 0.15) is 17.3 Å². The number of imidazole rings is 1. The number of hydrogen-bond acceptors (Lipinski definition) is 6. The molecule has 1 atom stereocenters. The highest BCUT2D eigenvalue weighted by Crippen LogP contribution is 2.29. The van der Waals surface area contributed by atoms with E-state index in [1.54, 1.807) is 6.07 Å². The van der Waals surface area contributed by atoms with Crippen LogP contribution in [0.4, 0.5) is 5.69 Å². The minimum atomic E-state index is -0.126. The minimum absolute atomic E-state index is 0.126. The largest absolute Gasteiger partial charge is 0.378 e. The standard InChI is InChI=1S/C23H27N7O2/c1-14(12-24)13-25-23(31)15-2-4-18-17(10-15)21(29-28-18)22-26-19-5-3-16(11-20(19)27-22)30-6-8-32-9-7-30/h2-5,10-11,14H,6-9,12-13,24H2,1H3,(H,25,31)(H,26,27)(H,28,29). The number of nitrogens with zero attached hydrogens (tertiary/aromatic N) is 3. The van der Waals surface area contributed by atoms with E-state index in [0.29, 0.717) is 30.2 Å². The maximum atomic E-state index is 12.6. The third kappa shape index (κ3) is 3.92. The molecule has 5 rings (SSSR count). The van der Waals surface area contributed by atoms with Crippen LogP contribution in [-0.2, 0) is 4.74 Å². The zero-order chi connectivity index (χ0) is 22.1. The smallest absolute Gasteiger partial charge is 0.251 e. The van der Waals surface area contributed by atoms with E-state index in [-0.39, 0.29) is 11.8 Å². The SMILES string of the molecule is CC(CN)CNC(=O)c1ccc2[nH]nc(-c3nc4ccc(N5CCOCC5)cc4[nH]3)c2c1. The van der Waals surface area contributed by atoms with Crippen LogP contribution in [0.15, 0.2) is 36.4 Å². The Balaban J connectivity index is 1.45. The molecular formula is C23H27N7O2. The Morgan fingerprint density at radius 3 is 2.88 bits per heavy atom. The second-order valence-electron chi connectivity index (χ2n) is 8.27. The number of hydrogen-bond donors (Lipinski definition) is 4. The van der Waals surface area contributed by atoms with Gasteiger partial charge in [0.05, 0.1) is 29.8 Å². The van der Waals surface area contributed by atoms with E-state index in [4.69, 9.17) is 15.5 Å². The van der Waals surface area contributed by atoms with Gasteiger partial charge < -0.3 is 25.7 Å². The van der Waals surface area contributed by atoms with Crippen molar-refractivity contribution in [2.45, 2.75) is 6.92 Å². The highest BCUT2D eigenvalue weighted by atomic mass is 16.5. The number of anilines is 1. The number of carbonyl (C=O) groups excluding carboxylic acids is 1. The van der Waals surface area contributed by atoms with Gasteiger partial charge in [-0.2, -0.15) is 5.10 Å². The number of rotatable bonds is 6. The molecule has 0 radical (unpaired) electrons. The van der Waals surface area contributed by atoms with Gasteiger partial charge in [-0.3, -0.25) is 9.89 Å². The molecule has 0 aliphatic carbocycles. The molecule has 4 aromatic rings. The van der Waals surface area contributed by atoms with Crippen LogP contribution in [0, 0.1) is 5.92 Å². The molecule has 0 bridgehead atoms. The third-order valence-corrected chi connectivity index (χ3v) is 5.90. The number of fused-ring (bicyclic) bond motifs is 2. The zero-order valence-electron chi connectivity index (χ0n) is 18.0. The molecule has 5 N–H and O–H groups in total. The van der Waals surface area contributed by atoms with Gasteiger partial charge in [0.15, 0.2) is 5.82 Å². The van der Waals surface area contributed by atoms with Gasteiger partial charge in [0.2, 0.25) is 0 Å². The zero-order valence-corrected chi connectivity index (χ0v) is 18.0. The molecule has 0 saturated carbocycles. The summed E-state index contributed by atoms with van der Waals surface area (Å²) >= 11 is 0. The molecule has 9 nitrogen and oxygen atoms in total. The van der Waals surface area contributed by atoms with Gasteiger partial charge in [0.1, 0.15) is 5.69 Å². The van der Waals surface area contributed by atoms with Gasteiger partial charge in [0.25, 0.3) is 5.91 Å². The fourth-order valence-corrected chi connectivity index (χ4v) is 3.92. The summed E-state index contributed by atoms with van der Waals surface area (Å²) in [6.07, 6.45) is 0. The number of amides is 1. The predicted molar refractivity (Wildman–Crippen MR) is 125 cm³/mol. The van der Waals surface area contributed by atoms with Crippen LogP contribution in [0.2, 0.25) is 0 Å². The van der Waals surface area contributed by atoms with Crippen LogP contribution in [0.25, 0.3) is 33.5 Å². The van der Waals surface area contributed by atoms with Crippen LogP contribution in [0.5, 0.6) is 0 Å². The summed E-state index contributed by atoms with van der Waals surface area (Å²) in [7, 11) is 0. The van der Waals surface area contributed by atoms with Gasteiger partial charge in [-0.05, 0) is 48.9 Å². The maximum Gasteiger partial charge on any atom is 0.251 e. The van der Waals surface area contributed by atoms with Crippen molar-refractivity contribution in [3.05, 3.63) is 42.0 Å². The monoisotopic (exact) mass is 433 g/mol. The number of aromatic amines is 2. The molecule has 32 heavy (non-hydrogen) atoms. The highest BCUT2D eigenvalue weighted by molar-refractivity contribution is 6.01. The molecule has 1 aliphatic rings. The van der Waals surface area contributed by atoms with Crippen molar-refractivity contribution in [2.24, 2.45) is 11.7 Å². The van der Waals surface area contributed by atoms with Crippen LogP contribution >= 0.6 is 0 Å². The summed E-state index contributed by atoms with van der Waals surface area (Å²) in [6.45, 7) is 6.32. The quantitative estimate of drug-likeness (QED) is 0.370. The van der Waals surface area contributed by atoms with Gasteiger partial charge in [-0.15, -0.1) is 0 Å². The molecule has 0 spiro atoms. The lowest BCUT2D eigenvalue weighted by Crippen LogP contribution is -2.36. The van der Waals surface area contributed by atoms with E-state index in [1.807, 2.05) is 25.1 Å². The number of morpholine rings is 1. The lowest BCUT2D eigenvalue weighted by molar-refractivity contribution is 0.0948. The predicted octanol–water partition coefficient (Wildman–Crippen LogP) is 2.27. The molecule has 2 aromatic carbocycles. The number of nitrogens with two attached hydrogens (primary N) is 1. The normalized spacial score (nSPS) is 15.4. The molecule has 3 heterocycles. The molecular weight excluding hydrogens is 406 g/mol. The lowest BCUT2D eigenvalue weighted by atomic mass is 10.1. The van der Waals surface area contributed by atoms with E-state index in [9.17, 15) is 4.79 Å². The first-order valence-corrected chi connectivity index (χ1v) is 10.9. The molecule has 2 aromatic heterocycles. The van der Waals surface area contributed by atoms with Crippen molar-refractivity contribution in [2.75, 3.05) is 44.3 Å².